The van der Waals surface area contributed by atoms with Gasteiger partial charge >= 0.3 is 0 Å². The van der Waals surface area contributed by atoms with E-state index in [-0.39, 0.29) is 54.1 Å². The maximum atomic E-state index is 14.3. The van der Waals surface area contributed by atoms with Crippen LogP contribution in [-0.4, -0.2) is 85.6 Å². The maximum absolute atomic E-state index is 14.3. The maximum Gasteiger partial charge on any atom is 0.276 e. The van der Waals surface area contributed by atoms with Gasteiger partial charge in [0, 0.05) is 74.0 Å². The summed E-state index contributed by atoms with van der Waals surface area (Å²) in [5, 5.41) is 16.6. The van der Waals surface area contributed by atoms with Gasteiger partial charge in [-0.1, -0.05) is 13.0 Å². The number of piperidine rings is 2. The van der Waals surface area contributed by atoms with Gasteiger partial charge in [0.2, 0.25) is 17.7 Å². The Morgan fingerprint density at radius 1 is 1.06 bits per heavy atom. The van der Waals surface area contributed by atoms with Crippen molar-refractivity contribution in [2.24, 2.45) is 17.3 Å². The van der Waals surface area contributed by atoms with Gasteiger partial charge in [-0.25, -0.2) is 13.8 Å². The van der Waals surface area contributed by atoms with Crippen LogP contribution < -0.4 is 15.5 Å². The van der Waals surface area contributed by atoms with Crippen molar-refractivity contribution in [1.82, 2.24) is 35.2 Å². The summed E-state index contributed by atoms with van der Waals surface area (Å²) in [7, 11) is 0. The van der Waals surface area contributed by atoms with Gasteiger partial charge in [0.25, 0.3) is 11.8 Å². The number of rotatable bonds is 6. The minimum absolute atomic E-state index is 0.0692. The second-order valence-corrected chi connectivity index (χ2v) is 14.1. The second kappa shape index (κ2) is 11.2. The van der Waals surface area contributed by atoms with E-state index in [1.807, 2.05) is 21.7 Å². The summed E-state index contributed by atoms with van der Waals surface area (Å²) in [6, 6.07) is 3.83. The number of hydrogen-bond acceptors (Lipinski definition) is 8. The smallest absolute Gasteiger partial charge is 0.276 e. The molecule has 15 heteroatoms. The van der Waals surface area contributed by atoms with Crippen molar-refractivity contribution >= 4 is 35.1 Å². The van der Waals surface area contributed by atoms with Gasteiger partial charge in [-0.3, -0.25) is 34.3 Å². The van der Waals surface area contributed by atoms with Crippen LogP contribution in [0.4, 0.5) is 20.3 Å². The topological polar surface area (TPSA) is 158 Å². The first-order valence-electron chi connectivity index (χ1n) is 16.6. The van der Waals surface area contributed by atoms with Crippen LogP contribution in [0.25, 0.3) is 0 Å². The van der Waals surface area contributed by atoms with Gasteiger partial charge in [-0.05, 0) is 43.7 Å². The van der Waals surface area contributed by atoms with Crippen molar-refractivity contribution < 1.29 is 28.0 Å². The van der Waals surface area contributed by atoms with E-state index < -0.39 is 23.2 Å². The molecule has 4 fully saturated rings. The van der Waals surface area contributed by atoms with Crippen molar-refractivity contribution in [2.45, 2.75) is 69.8 Å². The summed E-state index contributed by atoms with van der Waals surface area (Å²) in [5.41, 5.74) is 1.54. The third-order valence-corrected chi connectivity index (χ3v) is 11.3. The van der Waals surface area contributed by atoms with E-state index in [9.17, 15) is 28.0 Å². The fourth-order valence-corrected chi connectivity index (χ4v) is 8.17. The molecule has 13 nitrogen and oxygen atoms in total. The van der Waals surface area contributed by atoms with Crippen molar-refractivity contribution in [3.8, 4) is 0 Å². The number of aromatic nitrogens is 5. The summed E-state index contributed by atoms with van der Waals surface area (Å²) in [4.78, 5) is 58.8. The summed E-state index contributed by atoms with van der Waals surface area (Å²) >= 11 is 0. The number of anilines is 2. The Morgan fingerprint density at radius 2 is 1.88 bits per heavy atom. The number of halogens is 2. The molecule has 0 aromatic carbocycles. The largest absolute Gasteiger partial charge is 0.356 e. The van der Waals surface area contributed by atoms with Crippen molar-refractivity contribution in [1.29, 1.82) is 0 Å². The molecule has 8 rings (SSSR count). The molecule has 252 valence electrons. The van der Waals surface area contributed by atoms with Crippen LogP contribution in [0.5, 0.6) is 0 Å². The fraction of sp³-hybridized carbons (Fsp3) is 0.545. The number of nitrogens with zero attached hydrogens (tertiary/aromatic N) is 6. The molecule has 1 saturated carbocycles. The monoisotopic (exact) mass is 661 g/mol. The highest BCUT2D eigenvalue weighted by atomic mass is 19.3. The van der Waals surface area contributed by atoms with Crippen LogP contribution in [0.3, 0.4) is 0 Å². The average Bonchev–Trinajstić information content (AvgIpc) is 3.70. The summed E-state index contributed by atoms with van der Waals surface area (Å²) in [6.45, 7) is 4.08. The number of aromatic amines is 1. The molecule has 3 N–H and O–H groups in total. The fourth-order valence-electron chi connectivity index (χ4n) is 8.17. The zero-order valence-corrected chi connectivity index (χ0v) is 26.5. The number of pyridine rings is 1. The van der Waals surface area contributed by atoms with Gasteiger partial charge in [-0.15, -0.1) is 0 Å². The third kappa shape index (κ3) is 5.05. The molecule has 0 spiro atoms. The molecule has 0 unspecified atom stereocenters. The average molecular weight is 662 g/mol. The SMILES string of the molecule is C[C@@]12Cc3[nH]nc(C(=O)Nc4cnn(C5CCN(C(=O)[C@@H]6CCN(c7ccc([C@H]8CCC(=O)NC8=O)cn7)C6)CC5)c4)c3C[C@@H]1C2(F)F. The highest BCUT2D eigenvalue weighted by molar-refractivity contribution is 6.04. The minimum Gasteiger partial charge on any atom is -0.356 e. The van der Waals surface area contributed by atoms with Gasteiger partial charge in [-0.2, -0.15) is 10.2 Å². The Bertz CT molecular complexity index is 1800. The van der Waals surface area contributed by atoms with E-state index in [1.165, 1.54) is 0 Å². The molecule has 4 amide bonds. The zero-order valence-electron chi connectivity index (χ0n) is 26.5. The molecule has 2 aliphatic carbocycles. The van der Waals surface area contributed by atoms with Crippen LogP contribution in [0, 0.1) is 17.3 Å². The number of carbonyl (C=O) groups is 4. The lowest BCUT2D eigenvalue weighted by molar-refractivity contribution is -0.136. The molecule has 3 aromatic heterocycles. The van der Waals surface area contributed by atoms with E-state index in [1.54, 1.807) is 25.5 Å². The van der Waals surface area contributed by atoms with Crippen LogP contribution >= 0.6 is 0 Å². The molecule has 4 atom stereocenters. The van der Waals surface area contributed by atoms with Crippen LogP contribution in [0.15, 0.2) is 30.7 Å². The van der Waals surface area contributed by atoms with Crippen LogP contribution in [0.2, 0.25) is 0 Å². The second-order valence-electron chi connectivity index (χ2n) is 14.1. The van der Waals surface area contributed by atoms with E-state index in [0.717, 1.165) is 30.6 Å². The van der Waals surface area contributed by atoms with Gasteiger partial charge in [0.1, 0.15) is 5.82 Å². The normalized spacial score (nSPS) is 28.1. The predicted octanol–water partition coefficient (Wildman–Crippen LogP) is 2.83. The van der Waals surface area contributed by atoms with Crippen LogP contribution in [0.1, 0.15) is 78.3 Å². The Balaban J connectivity index is 0.823. The number of imide groups is 1. The number of amides is 4. The molecule has 3 saturated heterocycles. The van der Waals surface area contributed by atoms with Gasteiger partial charge in [0.05, 0.1) is 29.8 Å². The number of carbonyl (C=O) groups excluding carboxylic acids is 4. The van der Waals surface area contributed by atoms with Crippen molar-refractivity contribution in [2.75, 3.05) is 36.4 Å². The number of nitrogens with one attached hydrogen (secondary N) is 3. The highest BCUT2D eigenvalue weighted by Crippen LogP contribution is 2.70. The van der Waals surface area contributed by atoms with Crippen LogP contribution in [-0.2, 0) is 27.2 Å². The molecule has 0 radical (unpaired) electrons. The summed E-state index contributed by atoms with van der Waals surface area (Å²) < 4.78 is 30.4. The quantitative estimate of drug-likeness (QED) is 0.341. The summed E-state index contributed by atoms with van der Waals surface area (Å²) in [5.74, 6) is -4.09. The Morgan fingerprint density at radius 3 is 2.62 bits per heavy atom. The van der Waals surface area contributed by atoms with E-state index >= 15 is 0 Å². The van der Waals surface area contributed by atoms with Gasteiger partial charge < -0.3 is 15.1 Å². The number of likely N-dealkylation sites (tertiary alicyclic amines) is 1. The number of alkyl halides is 2. The number of H-pyrrole nitrogens is 1. The molecule has 0 bridgehead atoms. The predicted molar refractivity (Wildman–Crippen MR) is 167 cm³/mol. The Labute approximate surface area is 274 Å². The molecule has 3 aromatic rings. The standard InChI is InChI=1S/C33H37F2N9O4/c1-32-13-24-23(12-25(32)33(32,34)35)28(41-40-24)30(47)38-20-15-37-44(17-20)21-7-10-42(11-8-21)31(48)19-6-9-43(16-19)26-4-2-18(14-36-26)22-3-5-27(45)39-29(22)46/h2,4,14-15,17,19,21-22,25H,3,5-13,16H2,1H3,(H,38,47)(H,40,41)(H,39,45,46)/t19-,22-,25+,32-/m1/s1. The lowest BCUT2D eigenvalue weighted by atomic mass is 9.87. The number of hydrogen-bond donors (Lipinski definition) is 3. The van der Waals surface area contributed by atoms with E-state index in [2.05, 4.69) is 35.8 Å². The molecule has 3 aliphatic heterocycles. The van der Waals surface area contributed by atoms with Crippen molar-refractivity contribution in [3.63, 3.8) is 0 Å². The number of fused-ring (bicyclic) bond motifs is 2. The van der Waals surface area contributed by atoms with Gasteiger partial charge in [0.15, 0.2) is 5.69 Å². The third-order valence-electron chi connectivity index (χ3n) is 11.3. The Hall–Kier alpha value is -4.69. The zero-order chi connectivity index (χ0) is 33.4. The minimum atomic E-state index is -2.73. The summed E-state index contributed by atoms with van der Waals surface area (Å²) in [6.07, 6.45) is 8.30. The molecular formula is C33H37F2N9O4. The molecular weight excluding hydrogens is 624 g/mol. The molecule has 48 heavy (non-hydrogen) atoms. The first-order chi connectivity index (χ1) is 23.0. The molecule has 5 aliphatic rings. The van der Waals surface area contributed by atoms with E-state index in [0.29, 0.717) is 56.0 Å². The first kappa shape index (κ1) is 30.6. The Kier molecular flexibility index (Phi) is 7.14. The lowest BCUT2D eigenvalue weighted by Crippen LogP contribution is -2.43. The highest BCUT2D eigenvalue weighted by Gasteiger charge is 2.78. The lowest BCUT2D eigenvalue weighted by Gasteiger charge is -2.33. The molecule has 6 heterocycles. The van der Waals surface area contributed by atoms with Crippen molar-refractivity contribution in [3.05, 3.63) is 53.2 Å². The van der Waals surface area contributed by atoms with E-state index in [4.69, 9.17) is 0 Å². The first-order valence-corrected chi connectivity index (χ1v) is 16.6.